The Kier molecular flexibility index (Phi) is 4.67. The van der Waals surface area contributed by atoms with Gasteiger partial charge in [-0.1, -0.05) is 6.07 Å². The van der Waals surface area contributed by atoms with Crippen LogP contribution in [0, 0.1) is 0 Å². The van der Waals surface area contributed by atoms with Gasteiger partial charge in [-0.25, -0.2) is 0 Å². The highest BCUT2D eigenvalue weighted by Gasteiger charge is 2.06. The van der Waals surface area contributed by atoms with Gasteiger partial charge >= 0.3 is 0 Å². The lowest BCUT2D eigenvalue weighted by molar-refractivity contribution is 0.175. The Morgan fingerprint density at radius 2 is 2.35 bits per heavy atom. The summed E-state index contributed by atoms with van der Waals surface area (Å²) in [6, 6.07) is 5.96. The van der Waals surface area contributed by atoms with Gasteiger partial charge in [0.2, 0.25) is 0 Å². The number of pyridine rings is 1. The van der Waals surface area contributed by atoms with E-state index in [0.717, 1.165) is 18.5 Å². The van der Waals surface area contributed by atoms with Crippen LogP contribution in [0.2, 0.25) is 0 Å². The van der Waals surface area contributed by atoms with Crippen molar-refractivity contribution in [1.82, 2.24) is 10.3 Å². The number of hydrogen-bond donors (Lipinski definition) is 2. The Balaban J connectivity index is 1.67. The van der Waals surface area contributed by atoms with Gasteiger partial charge < -0.3 is 10.4 Å². The molecule has 2 rings (SSSR count). The van der Waals surface area contributed by atoms with Crippen molar-refractivity contribution in [3.63, 3.8) is 0 Å². The Morgan fingerprint density at radius 3 is 3.06 bits per heavy atom. The first-order valence-electron chi connectivity index (χ1n) is 5.66. The van der Waals surface area contributed by atoms with E-state index in [1.807, 2.05) is 29.1 Å². The second-order valence-corrected chi connectivity index (χ2v) is 4.67. The fraction of sp³-hybridized carbons (Fsp3) is 0.308. The van der Waals surface area contributed by atoms with E-state index in [1.54, 1.807) is 17.5 Å². The van der Waals surface area contributed by atoms with Gasteiger partial charge in [0.05, 0.1) is 6.10 Å². The molecule has 17 heavy (non-hydrogen) atoms. The minimum Gasteiger partial charge on any atom is -0.387 e. The zero-order valence-corrected chi connectivity index (χ0v) is 10.4. The molecule has 0 saturated heterocycles. The third kappa shape index (κ3) is 3.93. The predicted molar refractivity (Wildman–Crippen MR) is 70.1 cm³/mol. The van der Waals surface area contributed by atoms with Gasteiger partial charge in [0.25, 0.3) is 0 Å². The lowest BCUT2D eigenvalue weighted by Gasteiger charge is -2.10. The second-order valence-electron chi connectivity index (χ2n) is 3.89. The molecule has 0 fully saturated rings. The van der Waals surface area contributed by atoms with Gasteiger partial charge in [0.1, 0.15) is 0 Å². The van der Waals surface area contributed by atoms with Gasteiger partial charge in [-0.2, -0.15) is 11.3 Å². The van der Waals surface area contributed by atoms with E-state index in [2.05, 4.69) is 16.4 Å². The van der Waals surface area contributed by atoms with Crippen LogP contribution in [0.1, 0.15) is 17.2 Å². The summed E-state index contributed by atoms with van der Waals surface area (Å²) < 4.78 is 0. The Labute approximate surface area is 105 Å². The first kappa shape index (κ1) is 12.2. The summed E-state index contributed by atoms with van der Waals surface area (Å²) in [4.78, 5) is 4.06. The van der Waals surface area contributed by atoms with Crippen molar-refractivity contribution in [2.24, 2.45) is 0 Å². The molecular weight excluding hydrogens is 232 g/mol. The van der Waals surface area contributed by atoms with Crippen molar-refractivity contribution in [3.8, 4) is 0 Å². The van der Waals surface area contributed by atoms with E-state index >= 15 is 0 Å². The van der Waals surface area contributed by atoms with E-state index in [0.29, 0.717) is 6.54 Å². The fourth-order valence-corrected chi connectivity index (χ4v) is 2.31. The highest BCUT2D eigenvalue weighted by molar-refractivity contribution is 7.07. The molecule has 0 aliphatic heterocycles. The summed E-state index contributed by atoms with van der Waals surface area (Å²) in [5.74, 6) is 0. The monoisotopic (exact) mass is 248 g/mol. The van der Waals surface area contributed by atoms with Crippen LogP contribution >= 0.6 is 11.3 Å². The average molecular weight is 248 g/mol. The summed E-state index contributed by atoms with van der Waals surface area (Å²) in [7, 11) is 0. The van der Waals surface area contributed by atoms with Gasteiger partial charge in [-0.3, -0.25) is 4.98 Å². The molecule has 4 heteroatoms. The van der Waals surface area contributed by atoms with Crippen LogP contribution in [-0.2, 0) is 6.42 Å². The molecule has 0 radical (unpaired) electrons. The van der Waals surface area contributed by atoms with Crippen LogP contribution in [0.15, 0.2) is 41.4 Å². The maximum absolute atomic E-state index is 9.84. The quantitative estimate of drug-likeness (QED) is 0.769. The summed E-state index contributed by atoms with van der Waals surface area (Å²) in [5, 5.41) is 17.0. The van der Waals surface area contributed by atoms with Gasteiger partial charge in [0, 0.05) is 18.9 Å². The highest BCUT2D eigenvalue weighted by atomic mass is 32.1. The molecule has 2 N–H and O–H groups in total. The Hall–Kier alpha value is -1.23. The van der Waals surface area contributed by atoms with Crippen LogP contribution < -0.4 is 5.32 Å². The number of nitrogens with one attached hydrogen (secondary N) is 1. The van der Waals surface area contributed by atoms with E-state index in [4.69, 9.17) is 0 Å². The molecule has 90 valence electrons. The van der Waals surface area contributed by atoms with Gasteiger partial charge in [-0.05, 0) is 47.0 Å². The van der Waals surface area contributed by atoms with Crippen LogP contribution in [0.4, 0.5) is 0 Å². The van der Waals surface area contributed by atoms with Crippen molar-refractivity contribution in [1.29, 1.82) is 0 Å². The van der Waals surface area contributed by atoms with E-state index in [1.165, 1.54) is 5.56 Å². The third-order valence-electron chi connectivity index (χ3n) is 2.58. The molecule has 2 heterocycles. The largest absolute Gasteiger partial charge is 0.387 e. The molecule has 0 aromatic carbocycles. The minimum absolute atomic E-state index is 0.407. The van der Waals surface area contributed by atoms with Crippen molar-refractivity contribution in [2.75, 3.05) is 13.1 Å². The summed E-state index contributed by atoms with van der Waals surface area (Å²) in [6.45, 7) is 1.45. The zero-order chi connectivity index (χ0) is 11.9. The molecule has 1 atom stereocenters. The number of hydrogen-bond acceptors (Lipinski definition) is 4. The maximum Gasteiger partial charge on any atom is 0.0922 e. The smallest absolute Gasteiger partial charge is 0.0922 e. The SMILES string of the molecule is OC(CNCCc1cccnc1)c1ccsc1. The molecule has 0 spiro atoms. The first-order chi connectivity index (χ1) is 8.36. The number of aromatic nitrogens is 1. The van der Waals surface area contributed by atoms with E-state index in [9.17, 15) is 5.11 Å². The minimum atomic E-state index is -0.407. The van der Waals surface area contributed by atoms with Crippen molar-refractivity contribution >= 4 is 11.3 Å². The molecular formula is C13H16N2OS. The van der Waals surface area contributed by atoms with E-state index < -0.39 is 6.10 Å². The molecule has 3 nitrogen and oxygen atoms in total. The van der Waals surface area contributed by atoms with Crippen LogP contribution in [0.5, 0.6) is 0 Å². The molecule has 0 aliphatic carbocycles. The van der Waals surface area contributed by atoms with Crippen LogP contribution in [0.3, 0.4) is 0 Å². The third-order valence-corrected chi connectivity index (χ3v) is 3.28. The second kappa shape index (κ2) is 6.49. The average Bonchev–Trinajstić information content (AvgIpc) is 2.89. The summed E-state index contributed by atoms with van der Waals surface area (Å²) in [5.41, 5.74) is 2.20. The molecule has 2 aromatic rings. The lowest BCUT2D eigenvalue weighted by atomic mass is 10.2. The maximum atomic E-state index is 9.84. The number of nitrogens with zero attached hydrogens (tertiary/aromatic N) is 1. The lowest BCUT2D eigenvalue weighted by Crippen LogP contribution is -2.23. The van der Waals surface area contributed by atoms with Crippen LogP contribution in [0.25, 0.3) is 0 Å². The van der Waals surface area contributed by atoms with Crippen molar-refractivity contribution in [3.05, 3.63) is 52.5 Å². The highest BCUT2D eigenvalue weighted by Crippen LogP contribution is 2.14. The van der Waals surface area contributed by atoms with E-state index in [-0.39, 0.29) is 0 Å². The van der Waals surface area contributed by atoms with Gasteiger partial charge in [0.15, 0.2) is 0 Å². The number of aliphatic hydroxyl groups excluding tert-OH is 1. The molecule has 0 bridgehead atoms. The number of aliphatic hydroxyl groups is 1. The topological polar surface area (TPSA) is 45.1 Å². The zero-order valence-electron chi connectivity index (χ0n) is 9.54. The molecule has 2 aromatic heterocycles. The Morgan fingerprint density at radius 1 is 1.41 bits per heavy atom. The molecule has 0 aliphatic rings. The number of thiophene rings is 1. The molecule has 0 saturated carbocycles. The molecule has 0 amide bonds. The normalized spacial score (nSPS) is 12.5. The number of rotatable bonds is 6. The fourth-order valence-electron chi connectivity index (χ4n) is 1.60. The summed E-state index contributed by atoms with van der Waals surface area (Å²) in [6.07, 6.45) is 4.17. The van der Waals surface area contributed by atoms with Gasteiger partial charge in [-0.15, -0.1) is 0 Å². The summed E-state index contributed by atoms with van der Waals surface area (Å²) >= 11 is 1.61. The van der Waals surface area contributed by atoms with Crippen molar-refractivity contribution in [2.45, 2.75) is 12.5 Å². The molecule has 1 unspecified atom stereocenters. The standard InChI is InChI=1S/C13H16N2OS/c16-13(12-4-7-17-10-12)9-15-6-3-11-2-1-5-14-8-11/h1-2,4-5,7-8,10,13,15-16H,3,6,9H2. The van der Waals surface area contributed by atoms with Crippen molar-refractivity contribution < 1.29 is 5.11 Å². The predicted octanol–water partition coefficient (Wildman–Crippen LogP) is 2.01. The first-order valence-corrected chi connectivity index (χ1v) is 6.60. The Bertz CT molecular complexity index is 416. The van der Waals surface area contributed by atoms with Crippen LogP contribution in [-0.4, -0.2) is 23.2 Å².